The first-order valence-electron chi connectivity index (χ1n) is 5.94. The standard InChI is InChI=1S/C13H11BrClN5/c1-20(6-11-16-7-17-19-11)12-3-2-8-4-9(14)5-10(15)13(8)18-12/h2-5,7H,6H2,1H3,(H,16,17,19). The molecule has 0 fully saturated rings. The predicted molar refractivity (Wildman–Crippen MR) is 82.9 cm³/mol. The molecule has 0 saturated heterocycles. The number of rotatable bonds is 3. The minimum absolute atomic E-state index is 0.604. The molecule has 0 amide bonds. The van der Waals surface area contributed by atoms with Crippen molar-refractivity contribution in [3.05, 3.63) is 45.9 Å². The van der Waals surface area contributed by atoms with Crippen molar-refractivity contribution in [2.75, 3.05) is 11.9 Å². The minimum atomic E-state index is 0.604. The number of nitrogens with zero attached hydrogens (tertiary/aromatic N) is 4. The Hall–Kier alpha value is -1.66. The van der Waals surface area contributed by atoms with E-state index in [9.17, 15) is 0 Å². The molecule has 0 spiro atoms. The summed E-state index contributed by atoms with van der Waals surface area (Å²) in [4.78, 5) is 10.7. The third-order valence-corrected chi connectivity index (χ3v) is 3.68. The van der Waals surface area contributed by atoms with Gasteiger partial charge in [-0.1, -0.05) is 27.5 Å². The second kappa shape index (κ2) is 5.38. The highest BCUT2D eigenvalue weighted by Crippen LogP contribution is 2.28. The summed E-state index contributed by atoms with van der Waals surface area (Å²) >= 11 is 9.67. The molecule has 0 aliphatic heterocycles. The Morgan fingerprint density at radius 3 is 2.95 bits per heavy atom. The molecule has 20 heavy (non-hydrogen) atoms. The van der Waals surface area contributed by atoms with Gasteiger partial charge in [0.15, 0.2) is 0 Å². The number of aromatic amines is 1. The van der Waals surface area contributed by atoms with Crippen LogP contribution in [0, 0.1) is 0 Å². The van der Waals surface area contributed by atoms with Gasteiger partial charge >= 0.3 is 0 Å². The molecule has 3 aromatic rings. The van der Waals surface area contributed by atoms with Crippen LogP contribution in [0.2, 0.25) is 5.02 Å². The van der Waals surface area contributed by atoms with Gasteiger partial charge in [-0.15, -0.1) is 0 Å². The number of anilines is 1. The van der Waals surface area contributed by atoms with Crippen LogP contribution < -0.4 is 4.90 Å². The van der Waals surface area contributed by atoms with Gasteiger partial charge in [-0.25, -0.2) is 9.97 Å². The summed E-state index contributed by atoms with van der Waals surface area (Å²) in [7, 11) is 1.95. The maximum Gasteiger partial charge on any atom is 0.143 e. The van der Waals surface area contributed by atoms with Crippen molar-refractivity contribution in [3.63, 3.8) is 0 Å². The van der Waals surface area contributed by atoms with Gasteiger partial charge in [0, 0.05) is 16.9 Å². The van der Waals surface area contributed by atoms with Crippen molar-refractivity contribution in [2.24, 2.45) is 0 Å². The van der Waals surface area contributed by atoms with E-state index in [1.54, 1.807) is 0 Å². The molecule has 0 radical (unpaired) electrons. The molecule has 0 aliphatic rings. The van der Waals surface area contributed by atoms with E-state index in [1.165, 1.54) is 6.33 Å². The lowest BCUT2D eigenvalue weighted by atomic mass is 10.2. The fraction of sp³-hybridized carbons (Fsp3) is 0.154. The molecule has 3 rings (SSSR count). The van der Waals surface area contributed by atoms with E-state index in [0.717, 1.165) is 27.0 Å². The number of pyridine rings is 1. The molecule has 2 aromatic heterocycles. The highest BCUT2D eigenvalue weighted by Gasteiger charge is 2.09. The van der Waals surface area contributed by atoms with E-state index in [0.29, 0.717) is 11.6 Å². The fourth-order valence-electron chi connectivity index (χ4n) is 1.97. The topological polar surface area (TPSA) is 57.7 Å². The van der Waals surface area contributed by atoms with Gasteiger partial charge < -0.3 is 4.90 Å². The molecule has 0 saturated carbocycles. The zero-order chi connectivity index (χ0) is 14.1. The van der Waals surface area contributed by atoms with Crippen LogP contribution in [0.4, 0.5) is 5.82 Å². The van der Waals surface area contributed by atoms with Crippen LogP contribution in [0.25, 0.3) is 10.9 Å². The number of benzene rings is 1. The Bertz CT molecular complexity index is 744. The van der Waals surface area contributed by atoms with Crippen LogP contribution in [0.5, 0.6) is 0 Å². The quantitative estimate of drug-likeness (QED) is 0.785. The van der Waals surface area contributed by atoms with Crippen molar-refractivity contribution in [2.45, 2.75) is 6.54 Å². The molecule has 0 atom stereocenters. The van der Waals surface area contributed by atoms with Gasteiger partial charge in [-0.2, -0.15) is 5.10 Å². The van der Waals surface area contributed by atoms with E-state index < -0.39 is 0 Å². The maximum absolute atomic E-state index is 6.24. The minimum Gasteiger partial charge on any atom is -0.352 e. The number of nitrogens with one attached hydrogen (secondary N) is 1. The smallest absolute Gasteiger partial charge is 0.143 e. The molecule has 0 unspecified atom stereocenters. The van der Waals surface area contributed by atoms with Gasteiger partial charge in [0.2, 0.25) is 0 Å². The summed E-state index contributed by atoms with van der Waals surface area (Å²) in [5.41, 5.74) is 0.789. The summed E-state index contributed by atoms with van der Waals surface area (Å²) in [5, 5.41) is 8.29. The zero-order valence-corrected chi connectivity index (χ0v) is 13.0. The fourth-order valence-corrected chi connectivity index (χ4v) is 2.85. The third kappa shape index (κ3) is 2.62. The number of aromatic nitrogens is 4. The molecule has 5 nitrogen and oxygen atoms in total. The number of hydrogen-bond donors (Lipinski definition) is 1. The molecule has 0 bridgehead atoms. The third-order valence-electron chi connectivity index (χ3n) is 2.94. The highest BCUT2D eigenvalue weighted by molar-refractivity contribution is 9.10. The maximum atomic E-state index is 6.24. The van der Waals surface area contributed by atoms with Gasteiger partial charge in [0.05, 0.1) is 17.1 Å². The molecule has 102 valence electrons. The molecular formula is C13H11BrClN5. The Kier molecular flexibility index (Phi) is 3.58. The van der Waals surface area contributed by atoms with Crippen LogP contribution in [0.15, 0.2) is 35.1 Å². The van der Waals surface area contributed by atoms with E-state index in [2.05, 4.69) is 36.1 Å². The van der Waals surface area contributed by atoms with E-state index in [4.69, 9.17) is 11.6 Å². The van der Waals surface area contributed by atoms with Crippen LogP contribution >= 0.6 is 27.5 Å². The first-order valence-corrected chi connectivity index (χ1v) is 7.12. The zero-order valence-electron chi connectivity index (χ0n) is 10.6. The second-order valence-corrected chi connectivity index (χ2v) is 5.74. The first-order chi connectivity index (χ1) is 9.63. The van der Waals surface area contributed by atoms with Crippen LogP contribution in [-0.4, -0.2) is 27.2 Å². The summed E-state index contributed by atoms with van der Waals surface area (Å²) in [6.45, 7) is 0.604. The van der Waals surface area contributed by atoms with Crippen molar-refractivity contribution in [1.82, 2.24) is 20.2 Å². The van der Waals surface area contributed by atoms with Crippen LogP contribution in [0.3, 0.4) is 0 Å². The normalized spacial score (nSPS) is 10.9. The van der Waals surface area contributed by atoms with Gasteiger partial charge in [-0.05, 0) is 24.3 Å². The second-order valence-electron chi connectivity index (χ2n) is 4.42. The van der Waals surface area contributed by atoms with Crippen molar-refractivity contribution in [3.8, 4) is 0 Å². The van der Waals surface area contributed by atoms with Crippen molar-refractivity contribution < 1.29 is 0 Å². The Balaban J connectivity index is 1.96. The number of fused-ring (bicyclic) bond motifs is 1. The number of halogens is 2. The van der Waals surface area contributed by atoms with Gasteiger partial charge in [0.25, 0.3) is 0 Å². The number of hydrogen-bond acceptors (Lipinski definition) is 4. The molecular weight excluding hydrogens is 342 g/mol. The van der Waals surface area contributed by atoms with Crippen LogP contribution in [0.1, 0.15) is 5.82 Å². The lowest BCUT2D eigenvalue weighted by Crippen LogP contribution is -2.18. The average molecular weight is 353 g/mol. The highest BCUT2D eigenvalue weighted by atomic mass is 79.9. The van der Waals surface area contributed by atoms with E-state index in [1.807, 2.05) is 36.2 Å². The summed E-state index contributed by atoms with van der Waals surface area (Å²) in [6.07, 6.45) is 1.49. The Morgan fingerprint density at radius 2 is 2.20 bits per heavy atom. The number of H-pyrrole nitrogens is 1. The summed E-state index contributed by atoms with van der Waals surface area (Å²) < 4.78 is 0.944. The molecule has 0 aliphatic carbocycles. The average Bonchev–Trinajstić information content (AvgIpc) is 2.91. The van der Waals surface area contributed by atoms with Crippen molar-refractivity contribution >= 4 is 44.3 Å². The molecule has 7 heteroatoms. The Morgan fingerprint density at radius 1 is 1.35 bits per heavy atom. The largest absolute Gasteiger partial charge is 0.352 e. The van der Waals surface area contributed by atoms with Gasteiger partial charge in [-0.3, -0.25) is 5.10 Å². The van der Waals surface area contributed by atoms with Crippen molar-refractivity contribution in [1.29, 1.82) is 0 Å². The Labute approximate surface area is 129 Å². The van der Waals surface area contributed by atoms with E-state index in [-0.39, 0.29) is 0 Å². The molecule has 1 N–H and O–H groups in total. The molecule has 2 heterocycles. The van der Waals surface area contributed by atoms with E-state index >= 15 is 0 Å². The first kappa shape index (κ1) is 13.3. The lowest BCUT2D eigenvalue weighted by Gasteiger charge is -2.17. The van der Waals surface area contributed by atoms with Gasteiger partial charge in [0.1, 0.15) is 18.0 Å². The molecule has 1 aromatic carbocycles. The predicted octanol–water partition coefficient (Wildman–Crippen LogP) is 3.41. The van der Waals surface area contributed by atoms with Crippen LogP contribution in [-0.2, 0) is 6.54 Å². The summed E-state index contributed by atoms with van der Waals surface area (Å²) in [5.74, 6) is 1.62. The lowest BCUT2D eigenvalue weighted by molar-refractivity contribution is 0.832. The monoisotopic (exact) mass is 351 g/mol. The summed E-state index contributed by atoms with van der Waals surface area (Å²) in [6, 6.07) is 7.80. The SMILES string of the molecule is CN(Cc1ncn[nH]1)c1ccc2cc(Br)cc(Cl)c2n1.